The molecule has 6 rings (SSSR count). The van der Waals surface area contributed by atoms with Crippen molar-refractivity contribution in [3.63, 3.8) is 0 Å². The van der Waals surface area contributed by atoms with Crippen molar-refractivity contribution in [3.8, 4) is 22.9 Å². The smallest absolute Gasteiger partial charge is 0.356 e. The van der Waals surface area contributed by atoms with Gasteiger partial charge in [0.1, 0.15) is 29.3 Å². The number of pyridine rings is 2. The molecule has 0 saturated carbocycles. The molecular formula is C30H21Br2N3O4. The maximum Gasteiger partial charge on any atom is 0.356 e. The number of nitrogens with one attached hydrogen (secondary N) is 1. The second kappa shape index (κ2) is 10.3. The van der Waals surface area contributed by atoms with Crippen LogP contribution in [0.3, 0.4) is 0 Å². The minimum atomic E-state index is -0.516. The number of H-pyrrole nitrogens is 1. The minimum Gasteiger partial charge on any atom is -0.497 e. The lowest BCUT2D eigenvalue weighted by Crippen LogP contribution is -2.06. The van der Waals surface area contributed by atoms with Crippen LogP contribution in [0.4, 0.5) is 0 Å². The van der Waals surface area contributed by atoms with Gasteiger partial charge in [-0.25, -0.2) is 14.8 Å². The van der Waals surface area contributed by atoms with E-state index < -0.39 is 5.97 Å². The van der Waals surface area contributed by atoms with E-state index in [-0.39, 0.29) is 5.69 Å². The number of para-hydroxylation sites is 1. The zero-order valence-corrected chi connectivity index (χ0v) is 24.1. The number of aromatic amines is 1. The van der Waals surface area contributed by atoms with E-state index >= 15 is 0 Å². The van der Waals surface area contributed by atoms with E-state index in [1.54, 1.807) is 13.2 Å². The zero-order chi connectivity index (χ0) is 27.1. The third-order valence-electron chi connectivity index (χ3n) is 6.51. The number of esters is 1. The van der Waals surface area contributed by atoms with Crippen LogP contribution < -0.4 is 9.47 Å². The summed E-state index contributed by atoms with van der Waals surface area (Å²) in [7, 11) is 2.98. The molecule has 0 bridgehead atoms. The quantitative estimate of drug-likeness (QED) is 0.186. The molecule has 1 N–H and O–H groups in total. The summed E-state index contributed by atoms with van der Waals surface area (Å²) in [5, 5.41) is 2.73. The molecule has 3 heterocycles. The van der Waals surface area contributed by atoms with Gasteiger partial charge in [0.05, 0.1) is 29.9 Å². The normalized spacial score (nSPS) is 11.3. The third-order valence-corrected chi connectivity index (χ3v) is 7.76. The fourth-order valence-corrected chi connectivity index (χ4v) is 5.97. The predicted molar refractivity (Wildman–Crippen MR) is 158 cm³/mol. The summed E-state index contributed by atoms with van der Waals surface area (Å²) in [4.78, 5) is 25.7. The molecule has 0 aliphatic rings. The standard InChI is InChI=1S/C30H21Br2N3O4/c1-37-17-9-7-16(8-10-17)15-39-29-22(32)14-21(31)19-11-12-24(34-27(19)29)28-26-20(13-25(35-28)30(36)38-2)18-5-3-4-6-23(18)33-26/h3-14,33H,15H2,1-2H3. The van der Waals surface area contributed by atoms with E-state index in [1.165, 1.54) is 7.11 Å². The number of carbonyl (C=O) groups is 1. The Morgan fingerprint density at radius 2 is 1.67 bits per heavy atom. The van der Waals surface area contributed by atoms with Crippen molar-refractivity contribution in [2.24, 2.45) is 0 Å². The Bertz CT molecular complexity index is 1880. The molecule has 0 atom stereocenters. The van der Waals surface area contributed by atoms with Gasteiger partial charge in [0.2, 0.25) is 0 Å². The fraction of sp³-hybridized carbons (Fsp3) is 0.100. The fourth-order valence-electron chi connectivity index (χ4n) is 4.58. The molecule has 6 aromatic rings. The van der Waals surface area contributed by atoms with Gasteiger partial charge in [-0.2, -0.15) is 0 Å². The number of fused-ring (bicyclic) bond motifs is 4. The number of halogens is 2. The number of methoxy groups -OCH3 is 2. The Morgan fingerprint density at radius 1 is 0.872 bits per heavy atom. The van der Waals surface area contributed by atoms with Crippen molar-refractivity contribution >= 4 is 70.5 Å². The second-order valence-corrected chi connectivity index (χ2v) is 10.5. The highest BCUT2D eigenvalue weighted by Crippen LogP contribution is 2.40. The Hall–Kier alpha value is -3.95. The molecule has 3 aromatic carbocycles. The summed E-state index contributed by atoms with van der Waals surface area (Å²) in [6.45, 7) is 0.341. The van der Waals surface area contributed by atoms with E-state index in [0.717, 1.165) is 47.5 Å². The molecule has 0 aliphatic carbocycles. The molecule has 0 spiro atoms. The van der Waals surface area contributed by atoms with Gasteiger partial charge in [-0.15, -0.1) is 0 Å². The van der Waals surface area contributed by atoms with Gasteiger partial charge >= 0.3 is 5.97 Å². The largest absolute Gasteiger partial charge is 0.497 e. The van der Waals surface area contributed by atoms with Gasteiger partial charge in [0.25, 0.3) is 0 Å². The van der Waals surface area contributed by atoms with Crippen LogP contribution in [0.15, 0.2) is 81.7 Å². The molecule has 7 nitrogen and oxygen atoms in total. The van der Waals surface area contributed by atoms with Crippen molar-refractivity contribution in [1.29, 1.82) is 0 Å². The maximum atomic E-state index is 12.6. The number of carbonyl (C=O) groups excluding carboxylic acids is 1. The van der Waals surface area contributed by atoms with Gasteiger partial charge in [-0.05, 0) is 64.0 Å². The lowest BCUT2D eigenvalue weighted by molar-refractivity contribution is 0.0594. The van der Waals surface area contributed by atoms with Gasteiger partial charge in [0.15, 0.2) is 5.75 Å². The molecule has 9 heteroatoms. The number of hydrogen-bond acceptors (Lipinski definition) is 6. The van der Waals surface area contributed by atoms with Crippen molar-refractivity contribution in [1.82, 2.24) is 15.0 Å². The molecular weight excluding hydrogens is 626 g/mol. The van der Waals surface area contributed by atoms with Gasteiger partial charge in [0, 0.05) is 26.1 Å². The van der Waals surface area contributed by atoms with Crippen molar-refractivity contribution in [2.45, 2.75) is 6.61 Å². The van der Waals surface area contributed by atoms with E-state index in [0.29, 0.717) is 29.3 Å². The van der Waals surface area contributed by atoms with Crippen LogP contribution in [0.5, 0.6) is 11.5 Å². The Labute approximate surface area is 240 Å². The number of nitrogens with zero attached hydrogens (tertiary/aromatic N) is 2. The summed E-state index contributed by atoms with van der Waals surface area (Å²) in [6.07, 6.45) is 0. The number of ether oxygens (including phenoxy) is 3. The lowest BCUT2D eigenvalue weighted by atomic mass is 10.1. The number of benzene rings is 3. The Kier molecular flexibility index (Phi) is 6.70. The Balaban J connectivity index is 1.52. The number of rotatable bonds is 6. The van der Waals surface area contributed by atoms with Crippen LogP contribution in [-0.4, -0.2) is 35.1 Å². The van der Waals surface area contributed by atoms with E-state index in [9.17, 15) is 4.79 Å². The van der Waals surface area contributed by atoms with Gasteiger partial charge < -0.3 is 19.2 Å². The summed E-state index contributed by atoms with van der Waals surface area (Å²) in [6, 6.07) is 23.2. The van der Waals surface area contributed by atoms with Crippen molar-refractivity contribution in [3.05, 3.63) is 93.0 Å². The van der Waals surface area contributed by atoms with Crippen LogP contribution in [0.25, 0.3) is 44.1 Å². The van der Waals surface area contributed by atoms with Crippen LogP contribution in [0, 0.1) is 0 Å². The highest BCUT2D eigenvalue weighted by molar-refractivity contribution is 9.11. The molecule has 0 radical (unpaired) electrons. The molecule has 0 aliphatic heterocycles. The molecule has 0 amide bonds. The van der Waals surface area contributed by atoms with Gasteiger partial charge in [-0.1, -0.05) is 46.3 Å². The molecule has 3 aromatic heterocycles. The van der Waals surface area contributed by atoms with Crippen molar-refractivity contribution in [2.75, 3.05) is 14.2 Å². The van der Waals surface area contributed by atoms with Crippen LogP contribution in [-0.2, 0) is 11.3 Å². The average Bonchev–Trinajstić information content (AvgIpc) is 3.35. The highest BCUT2D eigenvalue weighted by Gasteiger charge is 2.20. The average molecular weight is 647 g/mol. The molecule has 0 fully saturated rings. The highest BCUT2D eigenvalue weighted by atomic mass is 79.9. The van der Waals surface area contributed by atoms with Crippen LogP contribution >= 0.6 is 31.9 Å². The first kappa shape index (κ1) is 25.3. The lowest BCUT2D eigenvalue weighted by Gasteiger charge is -2.14. The van der Waals surface area contributed by atoms with E-state index in [4.69, 9.17) is 19.2 Å². The second-order valence-electron chi connectivity index (χ2n) is 8.84. The molecule has 194 valence electrons. The first-order chi connectivity index (χ1) is 19.0. The summed E-state index contributed by atoms with van der Waals surface area (Å²) >= 11 is 7.31. The number of aromatic nitrogens is 3. The van der Waals surface area contributed by atoms with Crippen molar-refractivity contribution < 1.29 is 19.0 Å². The SMILES string of the molecule is COC(=O)c1cc2c([nH]c3ccccc32)c(-c2ccc3c(Br)cc(Br)c(OCc4ccc(OC)cc4)c3n2)n1. The first-order valence-corrected chi connectivity index (χ1v) is 13.6. The van der Waals surface area contributed by atoms with E-state index in [2.05, 4.69) is 41.8 Å². The molecule has 39 heavy (non-hydrogen) atoms. The minimum absolute atomic E-state index is 0.207. The predicted octanol–water partition coefficient (Wildman–Crippen LogP) is 7.83. The Morgan fingerprint density at radius 3 is 2.44 bits per heavy atom. The molecule has 0 saturated heterocycles. The monoisotopic (exact) mass is 645 g/mol. The third kappa shape index (κ3) is 4.62. The molecule has 0 unspecified atom stereocenters. The topological polar surface area (TPSA) is 86.3 Å². The first-order valence-electron chi connectivity index (χ1n) is 12.0. The summed E-state index contributed by atoms with van der Waals surface area (Å²) < 4.78 is 18.2. The summed E-state index contributed by atoms with van der Waals surface area (Å²) in [5.41, 5.74) is 4.70. The van der Waals surface area contributed by atoms with Gasteiger partial charge in [-0.3, -0.25) is 0 Å². The summed E-state index contributed by atoms with van der Waals surface area (Å²) in [5.74, 6) is 0.867. The zero-order valence-electron chi connectivity index (χ0n) is 20.9. The van der Waals surface area contributed by atoms with Crippen LogP contribution in [0.2, 0.25) is 0 Å². The van der Waals surface area contributed by atoms with E-state index in [1.807, 2.05) is 66.7 Å². The number of hydrogen-bond donors (Lipinski definition) is 1. The van der Waals surface area contributed by atoms with Crippen LogP contribution in [0.1, 0.15) is 16.1 Å². The maximum absolute atomic E-state index is 12.6.